The Bertz CT molecular complexity index is 517. The van der Waals surface area contributed by atoms with Crippen LogP contribution in [0.5, 0.6) is 0 Å². The van der Waals surface area contributed by atoms with Crippen LogP contribution in [0, 0.1) is 0 Å². The zero-order valence-electron chi connectivity index (χ0n) is 11.2. The van der Waals surface area contributed by atoms with Gasteiger partial charge in [0.1, 0.15) is 4.90 Å². The molecule has 1 aromatic heterocycles. The van der Waals surface area contributed by atoms with E-state index in [-0.39, 0.29) is 0 Å². The molecule has 1 heterocycles. The van der Waals surface area contributed by atoms with Gasteiger partial charge in [-0.05, 0) is 49.1 Å². The Morgan fingerprint density at radius 3 is 2.42 bits per heavy atom. The molecule has 0 atom stereocenters. The number of rotatable bonds is 7. The lowest BCUT2D eigenvalue weighted by atomic mass is 10.4. The van der Waals surface area contributed by atoms with E-state index in [2.05, 4.69) is 15.9 Å². The minimum absolute atomic E-state index is 0.306. The molecular weight excluding hydrogens is 372 g/mol. The molecule has 0 bridgehead atoms. The van der Waals surface area contributed by atoms with Crippen LogP contribution in [-0.4, -0.2) is 51.9 Å². The molecule has 0 aliphatic carbocycles. The zero-order chi connectivity index (χ0) is 14.6. The summed E-state index contributed by atoms with van der Waals surface area (Å²) in [5.74, 6) is 0.323. The Balaban J connectivity index is 2.81. The van der Waals surface area contributed by atoms with E-state index in [1.165, 1.54) is 15.6 Å². The van der Waals surface area contributed by atoms with E-state index in [9.17, 15) is 8.42 Å². The molecule has 0 fully saturated rings. The van der Waals surface area contributed by atoms with Gasteiger partial charge in [0.05, 0.1) is 9.67 Å². The van der Waals surface area contributed by atoms with Crippen molar-refractivity contribution in [3.63, 3.8) is 0 Å². The van der Waals surface area contributed by atoms with Crippen molar-refractivity contribution in [2.45, 2.75) is 17.2 Å². The van der Waals surface area contributed by atoms with Crippen LogP contribution in [0.3, 0.4) is 0 Å². The molecule has 19 heavy (non-hydrogen) atoms. The Kier molecular flexibility index (Phi) is 6.75. The number of nitrogens with zero attached hydrogens (tertiary/aromatic N) is 2. The Morgan fingerprint density at radius 1 is 1.32 bits per heavy atom. The smallest absolute Gasteiger partial charge is 0.244 e. The van der Waals surface area contributed by atoms with Crippen molar-refractivity contribution in [1.29, 1.82) is 0 Å². The van der Waals surface area contributed by atoms with E-state index in [0.29, 0.717) is 21.1 Å². The molecule has 8 heteroatoms. The minimum atomic E-state index is -3.44. The molecule has 1 aromatic rings. The molecule has 0 aromatic carbocycles. The lowest BCUT2D eigenvalue weighted by Gasteiger charge is -2.18. The van der Waals surface area contributed by atoms with E-state index in [1.807, 2.05) is 19.0 Å². The first-order valence-corrected chi connectivity index (χ1v) is 9.32. The van der Waals surface area contributed by atoms with Gasteiger partial charge < -0.3 is 4.90 Å². The van der Waals surface area contributed by atoms with E-state index in [4.69, 9.17) is 11.6 Å². The molecule has 1 rings (SSSR count). The van der Waals surface area contributed by atoms with Crippen LogP contribution in [0.2, 0.25) is 0 Å². The maximum atomic E-state index is 12.4. The summed E-state index contributed by atoms with van der Waals surface area (Å²) in [6.07, 6.45) is 0.798. The van der Waals surface area contributed by atoms with Crippen LogP contribution in [0.25, 0.3) is 0 Å². The number of halogens is 2. The van der Waals surface area contributed by atoms with Gasteiger partial charge in [-0.25, -0.2) is 12.7 Å². The van der Waals surface area contributed by atoms with Gasteiger partial charge in [-0.2, -0.15) is 0 Å². The average Bonchev–Trinajstić information content (AvgIpc) is 2.70. The quantitative estimate of drug-likeness (QED) is 0.673. The molecule has 0 aliphatic heterocycles. The highest BCUT2D eigenvalue weighted by Crippen LogP contribution is 2.33. The number of hydrogen-bond acceptors (Lipinski definition) is 4. The highest BCUT2D eigenvalue weighted by atomic mass is 79.9. The van der Waals surface area contributed by atoms with Crippen molar-refractivity contribution in [3.05, 3.63) is 14.7 Å². The van der Waals surface area contributed by atoms with Crippen molar-refractivity contribution in [1.82, 2.24) is 9.21 Å². The highest BCUT2D eigenvalue weighted by Gasteiger charge is 2.25. The summed E-state index contributed by atoms with van der Waals surface area (Å²) in [6, 6.07) is 1.64. The minimum Gasteiger partial charge on any atom is -0.309 e. The van der Waals surface area contributed by atoms with Crippen LogP contribution in [0.1, 0.15) is 11.3 Å². The van der Waals surface area contributed by atoms with E-state index in [0.717, 1.165) is 17.8 Å². The summed E-state index contributed by atoms with van der Waals surface area (Å²) < 4.78 is 26.8. The van der Waals surface area contributed by atoms with Crippen LogP contribution < -0.4 is 0 Å². The third kappa shape index (κ3) is 4.68. The summed E-state index contributed by atoms with van der Waals surface area (Å²) in [7, 11) is 2.11. The number of alkyl halides is 1. The fourth-order valence-corrected chi connectivity index (χ4v) is 5.47. The normalized spacial score (nSPS) is 12.6. The number of thiophene rings is 1. The first-order valence-electron chi connectivity index (χ1n) is 5.74. The Labute approximate surface area is 132 Å². The van der Waals surface area contributed by atoms with Crippen molar-refractivity contribution in [2.24, 2.45) is 0 Å². The highest BCUT2D eigenvalue weighted by molar-refractivity contribution is 9.11. The van der Waals surface area contributed by atoms with E-state index >= 15 is 0 Å². The van der Waals surface area contributed by atoms with Crippen LogP contribution in [0.15, 0.2) is 14.7 Å². The monoisotopic (exact) mass is 388 g/mol. The first kappa shape index (κ1) is 17.4. The lowest BCUT2D eigenvalue weighted by molar-refractivity contribution is 0.370. The Hall–Kier alpha value is 0.340. The van der Waals surface area contributed by atoms with Gasteiger partial charge in [0.2, 0.25) is 10.0 Å². The molecule has 0 amide bonds. The van der Waals surface area contributed by atoms with Crippen LogP contribution in [0.4, 0.5) is 0 Å². The molecular formula is C11H18BrClN2O2S2. The average molecular weight is 390 g/mol. The second-order valence-corrected chi connectivity index (χ2v) is 9.20. The summed E-state index contributed by atoms with van der Waals surface area (Å²) in [4.78, 5) is 3.18. The zero-order valence-corrected chi connectivity index (χ0v) is 15.2. The number of sulfonamides is 1. The van der Waals surface area contributed by atoms with Gasteiger partial charge in [-0.1, -0.05) is 0 Å². The first-order chi connectivity index (χ1) is 8.78. The Morgan fingerprint density at radius 2 is 1.95 bits per heavy atom. The van der Waals surface area contributed by atoms with Gasteiger partial charge in [0, 0.05) is 18.5 Å². The van der Waals surface area contributed by atoms with Gasteiger partial charge in [0.25, 0.3) is 0 Å². The summed E-state index contributed by atoms with van der Waals surface area (Å²) in [5, 5.41) is 0. The standard InChI is InChI=1S/C11H18BrClN2O2S2/c1-14(2)5-4-6-15(3)19(16,17)10-7-9(8-13)18-11(10)12/h7H,4-6,8H2,1-3H3. The van der Waals surface area contributed by atoms with Crippen LogP contribution in [-0.2, 0) is 15.9 Å². The summed E-state index contributed by atoms with van der Waals surface area (Å²) in [6.45, 7) is 1.36. The van der Waals surface area contributed by atoms with E-state index < -0.39 is 10.0 Å². The van der Waals surface area contributed by atoms with Crippen molar-refractivity contribution in [2.75, 3.05) is 34.2 Å². The molecule has 0 N–H and O–H groups in total. The maximum Gasteiger partial charge on any atom is 0.244 e. The van der Waals surface area contributed by atoms with Gasteiger partial charge in [-0.15, -0.1) is 22.9 Å². The van der Waals surface area contributed by atoms with Gasteiger partial charge >= 0.3 is 0 Å². The van der Waals surface area contributed by atoms with Crippen molar-refractivity contribution < 1.29 is 8.42 Å². The molecule has 0 radical (unpaired) electrons. The van der Waals surface area contributed by atoms with Gasteiger partial charge in [0.15, 0.2) is 0 Å². The molecule has 0 unspecified atom stereocenters. The van der Waals surface area contributed by atoms with E-state index in [1.54, 1.807) is 13.1 Å². The third-order valence-electron chi connectivity index (χ3n) is 2.60. The second-order valence-electron chi connectivity index (χ2n) is 4.47. The third-order valence-corrected chi connectivity index (χ3v) is 7.16. The summed E-state index contributed by atoms with van der Waals surface area (Å²) in [5.41, 5.74) is 0. The summed E-state index contributed by atoms with van der Waals surface area (Å²) >= 11 is 10.4. The largest absolute Gasteiger partial charge is 0.309 e. The maximum absolute atomic E-state index is 12.4. The van der Waals surface area contributed by atoms with Crippen molar-refractivity contribution >= 4 is 48.9 Å². The fourth-order valence-electron chi connectivity index (χ4n) is 1.54. The SMILES string of the molecule is CN(C)CCCN(C)S(=O)(=O)c1cc(CCl)sc1Br. The van der Waals surface area contributed by atoms with Crippen molar-refractivity contribution in [3.8, 4) is 0 Å². The lowest BCUT2D eigenvalue weighted by Crippen LogP contribution is -2.29. The molecule has 0 saturated heterocycles. The molecule has 0 spiro atoms. The fraction of sp³-hybridized carbons (Fsp3) is 0.636. The molecule has 4 nitrogen and oxygen atoms in total. The number of hydrogen-bond donors (Lipinski definition) is 0. The predicted octanol–water partition coefficient (Wildman–Crippen LogP) is 2.82. The molecule has 110 valence electrons. The van der Waals surface area contributed by atoms with Gasteiger partial charge in [-0.3, -0.25) is 0 Å². The predicted molar refractivity (Wildman–Crippen MR) is 84.6 cm³/mol. The van der Waals surface area contributed by atoms with Crippen LogP contribution >= 0.6 is 38.9 Å². The topological polar surface area (TPSA) is 40.6 Å². The molecule has 0 aliphatic rings. The molecule has 0 saturated carbocycles. The second kappa shape index (κ2) is 7.38.